The van der Waals surface area contributed by atoms with E-state index in [9.17, 15) is 14.9 Å². The normalized spacial score (nSPS) is 16.3. The first-order chi connectivity index (χ1) is 13.5. The fraction of sp³-hybridized carbons (Fsp3) is 0.286. The molecule has 0 fully saturated rings. The van der Waals surface area contributed by atoms with Gasteiger partial charge in [0.15, 0.2) is 11.9 Å². The van der Waals surface area contributed by atoms with E-state index in [1.165, 1.54) is 0 Å². The lowest BCUT2D eigenvalue weighted by molar-refractivity contribution is -0.136. The molecule has 1 aliphatic rings. The largest absolute Gasteiger partial charge is 0.481 e. The molecular weight excluding hydrogens is 358 g/mol. The molecule has 2 aromatic carbocycles. The van der Waals surface area contributed by atoms with Crippen LogP contribution in [0.2, 0.25) is 0 Å². The van der Waals surface area contributed by atoms with Gasteiger partial charge in [0.25, 0.3) is 5.91 Å². The Labute approximate surface area is 162 Å². The molecule has 3 N–H and O–H groups in total. The second-order valence-corrected chi connectivity index (χ2v) is 6.71. The Morgan fingerprint density at radius 3 is 2.82 bits per heavy atom. The third-order valence-electron chi connectivity index (χ3n) is 4.58. The molecule has 1 aliphatic heterocycles. The number of ether oxygens (including phenoxy) is 1. The zero-order valence-electron chi connectivity index (χ0n) is 15.4. The first kappa shape index (κ1) is 19.4. The second-order valence-electron chi connectivity index (χ2n) is 6.71. The molecule has 0 aromatic heterocycles. The zero-order valence-corrected chi connectivity index (χ0v) is 15.4. The molecule has 0 saturated heterocycles. The molecular formula is C21H21N3O4. The second kappa shape index (κ2) is 8.55. The number of benzene rings is 2. The third kappa shape index (κ3) is 4.48. The number of amides is 1. The van der Waals surface area contributed by atoms with Crippen molar-refractivity contribution in [2.75, 3.05) is 11.9 Å². The predicted molar refractivity (Wildman–Crippen MR) is 103 cm³/mol. The summed E-state index contributed by atoms with van der Waals surface area (Å²) >= 11 is 0. The molecule has 2 aromatic rings. The highest BCUT2D eigenvalue weighted by Gasteiger charge is 2.33. The number of carboxylic acids is 1. The van der Waals surface area contributed by atoms with E-state index in [2.05, 4.69) is 16.7 Å². The molecule has 0 bridgehead atoms. The monoisotopic (exact) mass is 379 g/mol. The highest BCUT2D eigenvalue weighted by Crippen LogP contribution is 2.33. The smallest absolute Gasteiger partial charge is 0.307 e. The molecule has 0 saturated carbocycles. The molecule has 3 rings (SSSR count). The van der Waals surface area contributed by atoms with E-state index in [-0.39, 0.29) is 18.4 Å². The predicted octanol–water partition coefficient (Wildman–Crippen LogP) is 2.11. The Morgan fingerprint density at radius 2 is 2.07 bits per heavy atom. The Hall–Kier alpha value is -3.37. The number of fused-ring (bicyclic) bond motifs is 1. The van der Waals surface area contributed by atoms with E-state index < -0.39 is 12.1 Å². The molecule has 0 unspecified atom stereocenters. The molecule has 2 atom stereocenters. The summed E-state index contributed by atoms with van der Waals surface area (Å²) in [5.41, 5.74) is 2.66. The Morgan fingerprint density at radius 1 is 1.32 bits per heavy atom. The van der Waals surface area contributed by atoms with Crippen LogP contribution in [0.25, 0.3) is 0 Å². The van der Waals surface area contributed by atoms with Gasteiger partial charge in [-0.2, -0.15) is 5.26 Å². The van der Waals surface area contributed by atoms with E-state index in [4.69, 9.17) is 9.84 Å². The molecule has 7 heteroatoms. The maximum atomic E-state index is 12.4. The molecule has 0 spiro atoms. The van der Waals surface area contributed by atoms with Gasteiger partial charge in [-0.05, 0) is 43.1 Å². The van der Waals surface area contributed by atoms with Crippen molar-refractivity contribution in [3.63, 3.8) is 0 Å². The number of aliphatic carboxylic acids is 1. The van der Waals surface area contributed by atoms with Crippen molar-refractivity contribution in [1.82, 2.24) is 5.32 Å². The number of carbonyl (C=O) groups is 2. The van der Waals surface area contributed by atoms with E-state index in [1.807, 2.05) is 25.1 Å². The van der Waals surface area contributed by atoms with Crippen LogP contribution in [0.5, 0.6) is 5.75 Å². The van der Waals surface area contributed by atoms with Gasteiger partial charge in [-0.3, -0.25) is 9.59 Å². The van der Waals surface area contributed by atoms with Gasteiger partial charge in [-0.1, -0.05) is 30.3 Å². The molecule has 0 aliphatic carbocycles. The zero-order chi connectivity index (χ0) is 20.1. The lowest BCUT2D eigenvalue weighted by Gasteiger charge is -2.30. The number of nitrogens with one attached hydrogen (secondary N) is 2. The average Bonchev–Trinajstić information content (AvgIpc) is 2.66. The highest BCUT2D eigenvalue weighted by atomic mass is 16.5. The van der Waals surface area contributed by atoms with Crippen LogP contribution in [0.1, 0.15) is 23.6 Å². The van der Waals surface area contributed by atoms with Gasteiger partial charge in [0.05, 0.1) is 23.7 Å². The summed E-state index contributed by atoms with van der Waals surface area (Å²) in [5.74, 6) is -0.725. The number of anilines is 1. The van der Waals surface area contributed by atoms with Crippen LogP contribution >= 0.6 is 0 Å². The Balaban J connectivity index is 1.59. The van der Waals surface area contributed by atoms with Crippen molar-refractivity contribution in [3.05, 3.63) is 59.2 Å². The van der Waals surface area contributed by atoms with Crippen LogP contribution in [-0.4, -0.2) is 35.7 Å². The molecule has 7 nitrogen and oxygen atoms in total. The lowest BCUT2D eigenvalue weighted by atomic mass is 10.0. The quantitative estimate of drug-likeness (QED) is 0.679. The SMILES string of the molecule is C[C@@H](NCCc1cccc(CC(=O)O)c1)[C@@H]1Oc2c(C#N)cccc2NC1=O. The number of carbonyl (C=O) groups excluding carboxylic acids is 1. The molecule has 28 heavy (non-hydrogen) atoms. The highest BCUT2D eigenvalue weighted by molar-refractivity contribution is 5.98. The molecule has 1 heterocycles. The van der Waals surface area contributed by atoms with Crippen molar-refractivity contribution >= 4 is 17.6 Å². The molecule has 144 valence electrons. The van der Waals surface area contributed by atoms with Crippen molar-refractivity contribution in [2.24, 2.45) is 0 Å². The van der Waals surface area contributed by atoms with Gasteiger partial charge in [0.2, 0.25) is 0 Å². The maximum absolute atomic E-state index is 12.4. The molecule has 0 radical (unpaired) electrons. The minimum absolute atomic E-state index is 0.00556. The van der Waals surface area contributed by atoms with Crippen LogP contribution in [0, 0.1) is 11.3 Å². The van der Waals surface area contributed by atoms with Crippen molar-refractivity contribution < 1.29 is 19.4 Å². The van der Waals surface area contributed by atoms with Crippen LogP contribution < -0.4 is 15.4 Å². The van der Waals surface area contributed by atoms with Gasteiger partial charge in [0, 0.05) is 0 Å². The van der Waals surface area contributed by atoms with E-state index in [0.29, 0.717) is 30.0 Å². The summed E-state index contributed by atoms with van der Waals surface area (Å²) < 4.78 is 5.83. The van der Waals surface area contributed by atoms with Gasteiger partial charge in [-0.25, -0.2) is 0 Å². The number of carboxylic acid groups (broad SMARTS) is 1. The van der Waals surface area contributed by atoms with Crippen molar-refractivity contribution in [3.8, 4) is 11.8 Å². The van der Waals surface area contributed by atoms with E-state index in [0.717, 1.165) is 11.1 Å². The van der Waals surface area contributed by atoms with Crippen LogP contribution in [0.3, 0.4) is 0 Å². The summed E-state index contributed by atoms with van der Waals surface area (Å²) in [6.45, 7) is 2.45. The van der Waals surface area contributed by atoms with Gasteiger partial charge in [-0.15, -0.1) is 0 Å². The number of hydrogen-bond acceptors (Lipinski definition) is 5. The summed E-state index contributed by atoms with van der Waals surface area (Å²) in [7, 11) is 0. The van der Waals surface area contributed by atoms with Crippen molar-refractivity contribution in [1.29, 1.82) is 5.26 Å². The van der Waals surface area contributed by atoms with Crippen LogP contribution in [-0.2, 0) is 22.4 Å². The average molecular weight is 379 g/mol. The first-order valence-corrected chi connectivity index (χ1v) is 9.01. The number of para-hydroxylation sites is 1. The van der Waals surface area contributed by atoms with Gasteiger partial charge >= 0.3 is 5.97 Å². The number of nitriles is 1. The van der Waals surface area contributed by atoms with Gasteiger partial charge < -0.3 is 20.5 Å². The summed E-state index contributed by atoms with van der Waals surface area (Å²) in [5, 5.41) is 24.2. The summed E-state index contributed by atoms with van der Waals surface area (Å²) in [6.07, 6.45) is -0.0686. The Kier molecular flexibility index (Phi) is 5.92. The standard InChI is InChI=1S/C21H21N3O4/c1-13(23-9-8-14-4-2-5-15(10-14)11-18(25)26)19-21(27)24-17-7-3-6-16(12-22)20(17)28-19/h2-7,10,13,19,23H,8-9,11H2,1H3,(H,24,27)(H,25,26)/t13-,19+/m1/s1. The first-order valence-electron chi connectivity index (χ1n) is 9.01. The fourth-order valence-electron chi connectivity index (χ4n) is 3.18. The van der Waals surface area contributed by atoms with Crippen LogP contribution in [0.15, 0.2) is 42.5 Å². The van der Waals surface area contributed by atoms with E-state index >= 15 is 0 Å². The summed E-state index contributed by atoms with van der Waals surface area (Å²) in [4.78, 5) is 23.2. The maximum Gasteiger partial charge on any atom is 0.307 e. The minimum atomic E-state index is -0.860. The minimum Gasteiger partial charge on any atom is -0.481 e. The lowest BCUT2D eigenvalue weighted by Crippen LogP contribution is -2.50. The number of nitrogens with zero attached hydrogens (tertiary/aromatic N) is 1. The number of rotatable bonds is 7. The third-order valence-corrected chi connectivity index (χ3v) is 4.58. The van der Waals surface area contributed by atoms with E-state index in [1.54, 1.807) is 24.3 Å². The topological polar surface area (TPSA) is 111 Å². The van der Waals surface area contributed by atoms with Crippen LogP contribution in [0.4, 0.5) is 5.69 Å². The number of hydrogen-bond donors (Lipinski definition) is 3. The van der Waals surface area contributed by atoms with Crippen molar-refractivity contribution in [2.45, 2.75) is 31.9 Å². The fourth-order valence-corrected chi connectivity index (χ4v) is 3.18. The summed E-state index contributed by atoms with van der Waals surface area (Å²) in [6, 6.07) is 14.3. The van der Waals surface area contributed by atoms with Gasteiger partial charge in [0.1, 0.15) is 6.07 Å². The Bertz CT molecular complexity index is 935. The molecule has 1 amide bonds.